The van der Waals surface area contributed by atoms with Crippen molar-refractivity contribution in [1.29, 1.82) is 0 Å². The van der Waals surface area contributed by atoms with Gasteiger partial charge in [-0.2, -0.15) is 4.98 Å². The molecule has 0 fully saturated rings. The largest absolute Gasteiger partial charge is 0.457 e. The molecule has 26 heavy (non-hydrogen) atoms. The van der Waals surface area contributed by atoms with E-state index in [0.717, 1.165) is 6.20 Å². The molecule has 0 saturated carbocycles. The van der Waals surface area contributed by atoms with E-state index in [9.17, 15) is 13.6 Å². The number of halogens is 2. The highest BCUT2D eigenvalue weighted by molar-refractivity contribution is 5.99. The van der Waals surface area contributed by atoms with E-state index >= 15 is 0 Å². The number of allylic oxidation sites excluding steroid dienone is 1. The van der Waals surface area contributed by atoms with Crippen molar-refractivity contribution >= 4 is 23.8 Å². The van der Waals surface area contributed by atoms with E-state index in [2.05, 4.69) is 25.6 Å². The number of anilines is 2. The zero-order valence-electron chi connectivity index (χ0n) is 13.7. The van der Waals surface area contributed by atoms with Crippen LogP contribution < -0.4 is 21.1 Å². The van der Waals surface area contributed by atoms with Gasteiger partial charge in [0.1, 0.15) is 12.4 Å². The van der Waals surface area contributed by atoms with Gasteiger partial charge in [0.25, 0.3) is 0 Å². The number of para-hydroxylation sites is 1. The maximum absolute atomic E-state index is 13.8. The number of hydrogen-bond donors (Lipinski definition) is 3. The maximum atomic E-state index is 13.8. The SMILES string of the molecule is CN=CC=C(N)COc1ncc(F)c(NC(=O)Nc2ccccc2F)n1. The first-order valence-corrected chi connectivity index (χ1v) is 7.34. The minimum Gasteiger partial charge on any atom is -0.457 e. The molecule has 2 amide bonds. The number of nitrogens with zero attached hydrogens (tertiary/aromatic N) is 3. The molecule has 10 heteroatoms. The lowest BCUT2D eigenvalue weighted by molar-refractivity contribution is 0.261. The van der Waals surface area contributed by atoms with E-state index in [1.165, 1.54) is 36.6 Å². The summed E-state index contributed by atoms with van der Waals surface area (Å²) in [5, 5.41) is 4.40. The summed E-state index contributed by atoms with van der Waals surface area (Å²) in [6, 6.07) is 4.47. The number of urea groups is 1. The molecule has 2 rings (SSSR count). The molecule has 2 aromatic rings. The van der Waals surface area contributed by atoms with Crippen LogP contribution in [-0.4, -0.2) is 35.9 Å². The minimum absolute atomic E-state index is 0.0570. The Morgan fingerprint density at radius 1 is 1.31 bits per heavy atom. The van der Waals surface area contributed by atoms with E-state index in [4.69, 9.17) is 10.5 Å². The topological polar surface area (TPSA) is 115 Å². The molecular weight excluding hydrogens is 346 g/mol. The van der Waals surface area contributed by atoms with Crippen molar-refractivity contribution in [2.24, 2.45) is 10.7 Å². The lowest BCUT2D eigenvalue weighted by Gasteiger charge is -2.09. The Morgan fingerprint density at radius 2 is 2.08 bits per heavy atom. The van der Waals surface area contributed by atoms with Crippen molar-refractivity contribution in [2.75, 3.05) is 24.3 Å². The molecule has 0 aliphatic rings. The minimum atomic E-state index is -0.886. The molecule has 1 aromatic heterocycles. The summed E-state index contributed by atoms with van der Waals surface area (Å²) >= 11 is 0. The van der Waals surface area contributed by atoms with Crippen LogP contribution in [-0.2, 0) is 0 Å². The standard InChI is InChI=1S/C16H16F2N6O2/c1-20-7-6-10(19)9-26-16-21-8-12(18)14(24-16)23-15(25)22-13-5-3-2-4-11(13)17/h2-8H,9,19H2,1H3,(H2,21,22,23,24,25). The smallest absolute Gasteiger partial charge is 0.325 e. The number of benzene rings is 1. The third-order valence-electron chi connectivity index (χ3n) is 2.88. The fraction of sp³-hybridized carbons (Fsp3) is 0.125. The van der Waals surface area contributed by atoms with Crippen LogP contribution in [0.4, 0.5) is 25.1 Å². The predicted octanol–water partition coefficient (Wildman–Crippen LogP) is 2.32. The van der Waals surface area contributed by atoms with Gasteiger partial charge in [-0.1, -0.05) is 12.1 Å². The molecular formula is C16H16F2N6O2. The molecule has 0 radical (unpaired) electrons. The van der Waals surface area contributed by atoms with Gasteiger partial charge in [-0.15, -0.1) is 0 Å². The highest BCUT2D eigenvalue weighted by Crippen LogP contribution is 2.16. The molecule has 0 aliphatic heterocycles. The van der Waals surface area contributed by atoms with Gasteiger partial charge in [-0.05, 0) is 18.2 Å². The van der Waals surface area contributed by atoms with E-state index in [1.807, 2.05) is 0 Å². The average molecular weight is 362 g/mol. The number of nitrogens with two attached hydrogens (primary N) is 1. The summed E-state index contributed by atoms with van der Waals surface area (Å²) in [4.78, 5) is 23.0. The summed E-state index contributed by atoms with van der Waals surface area (Å²) in [5.41, 5.74) is 5.94. The van der Waals surface area contributed by atoms with Crippen molar-refractivity contribution in [3.63, 3.8) is 0 Å². The highest BCUT2D eigenvalue weighted by atomic mass is 19.1. The van der Waals surface area contributed by atoms with Crippen LogP contribution in [0.5, 0.6) is 6.01 Å². The Kier molecular flexibility index (Phi) is 6.54. The van der Waals surface area contributed by atoms with Gasteiger partial charge >= 0.3 is 12.0 Å². The molecule has 0 spiro atoms. The Labute approximate surface area is 147 Å². The van der Waals surface area contributed by atoms with E-state index in [-0.39, 0.29) is 18.3 Å². The zero-order chi connectivity index (χ0) is 18.9. The van der Waals surface area contributed by atoms with Gasteiger partial charge in [0.2, 0.25) is 0 Å². The van der Waals surface area contributed by atoms with Gasteiger partial charge < -0.3 is 15.8 Å². The number of carbonyl (C=O) groups is 1. The first-order chi connectivity index (χ1) is 12.5. The second-order valence-electron chi connectivity index (χ2n) is 4.85. The Balaban J connectivity index is 2.02. The number of amides is 2. The molecule has 136 valence electrons. The molecule has 0 atom stereocenters. The molecule has 0 aliphatic carbocycles. The van der Waals surface area contributed by atoms with Gasteiger partial charge in [-0.3, -0.25) is 10.3 Å². The van der Waals surface area contributed by atoms with E-state index in [0.29, 0.717) is 5.70 Å². The second-order valence-corrected chi connectivity index (χ2v) is 4.85. The lowest BCUT2D eigenvalue weighted by Crippen LogP contribution is -2.22. The first-order valence-electron chi connectivity index (χ1n) is 7.34. The van der Waals surface area contributed by atoms with Crippen molar-refractivity contribution in [2.45, 2.75) is 0 Å². The zero-order valence-corrected chi connectivity index (χ0v) is 13.7. The molecule has 1 aromatic carbocycles. The summed E-state index contributed by atoms with van der Waals surface area (Å²) in [6.07, 6.45) is 3.82. The van der Waals surface area contributed by atoms with Crippen LogP contribution in [0.15, 0.2) is 47.2 Å². The van der Waals surface area contributed by atoms with Crippen LogP contribution in [0.1, 0.15) is 0 Å². The van der Waals surface area contributed by atoms with E-state index < -0.39 is 23.5 Å². The summed E-state index contributed by atoms with van der Waals surface area (Å²) < 4.78 is 32.5. The third-order valence-corrected chi connectivity index (χ3v) is 2.88. The number of ether oxygens (including phenoxy) is 1. The van der Waals surface area contributed by atoms with Crippen molar-refractivity contribution in [3.8, 4) is 6.01 Å². The Morgan fingerprint density at radius 3 is 2.81 bits per heavy atom. The molecule has 0 unspecified atom stereocenters. The summed E-state index contributed by atoms with van der Waals surface area (Å²) in [5.74, 6) is -1.95. The predicted molar refractivity (Wildman–Crippen MR) is 93.2 cm³/mol. The van der Waals surface area contributed by atoms with Crippen molar-refractivity contribution in [1.82, 2.24) is 9.97 Å². The average Bonchev–Trinajstić information content (AvgIpc) is 2.62. The highest BCUT2D eigenvalue weighted by Gasteiger charge is 2.13. The fourth-order valence-electron chi connectivity index (χ4n) is 1.70. The molecule has 4 N–H and O–H groups in total. The van der Waals surface area contributed by atoms with Gasteiger partial charge in [0, 0.05) is 19.0 Å². The summed E-state index contributed by atoms with van der Waals surface area (Å²) in [7, 11) is 1.58. The summed E-state index contributed by atoms with van der Waals surface area (Å²) in [6.45, 7) is -0.0570. The number of rotatable bonds is 6. The van der Waals surface area contributed by atoms with E-state index in [1.54, 1.807) is 7.05 Å². The lowest BCUT2D eigenvalue weighted by atomic mass is 10.3. The van der Waals surface area contributed by atoms with Crippen LogP contribution in [0.3, 0.4) is 0 Å². The maximum Gasteiger partial charge on any atom is 0.325 e. The normalized spacial score (nSPS) is 11.4. The van der Waals surface area contributed by atoms with Crippen LogP contribution in [0.25, 0.3) is 0 Å². The van der Waals surface area contributed by atoms with Crippen LogP contribution >= 0.6 is 0 Å². The molecule has 8 nitrogen and oxygen atoms in total. The monoisotopic (exact) mass is 362 g/mol. The van der Waals surface area contributed by atoms with Gasteiger partial charge in [0.05, 0.1) is 11.9 Å². The number of nitrogens with one attached hydrogen (secondary N) is 2. The second kappa shape index (κ2) is 9.06. The fourth-order valence-corrected chi connectivity index (χ4v) is 1.70. The number of carbonyl (C=O) groups excluding carboxylic acids is 1. The molecule has 0 bridgehead atoms. The molecule has 1 heterocycles. The molecule has 0 saturated heterocycles. The van der Waals surface area contributed by atoms with Crippen molar-refractivity contribution in [3.05, 3.63) is 53.9 Å². The third kappa shape index (κ3) is 5.51. The first kappa shape index (κ1) is 18.8. The van der Waals surface area contributed by atoms with Crippen LogP contribution in [0, 0.1) is 11.6 Å². The number of aliphatic imine (C=N–C) groups is 1. The van der Waals surface area contributed by atoms with Crippen LogP contribution in [0.2, 0.25) is 0 Å². The number of aromatic nitrogens is 2. The number of hydrogen-bond acceptors (Lipinski definition) is 6. The Bertz CT molecular complexity index is 841. The quantitative estimate of drug-likeness (QED) is 0.682. The van der Waals surface area contributed by atoms with Crippen molar-refractivity contribution < 1.29 is 18.3 Å². The van der Waals surface area contributed by atoms with Gasteiger partial charge in [-0.25, -0.2) is 18.6 Å². The Hall–Kier alpha value is -3.56. The van der Waals surface area contributed by atoms with Gasteiger partial charge in [0.15, 0.2) is 11.6 Å².